The van der Waals surface area contributed by atoms with Gasteiger partial charge in [-0.2, -0.15) is 0 Å². The van der Waals surface area contributed by atoms with Crippen LogP contribution in [0.1, 0.15) is 37.0 Å². The van der Waals surface area contributed by atoms with E-state index in [2.05, 4.69) is 11.4 Å². The van der Waals surface area contributed by atoms with Gasteiger partial charge in [0.15, 0.2) is 0 Å². The van der Waals surface area contributed by atoms with Gasteiger partial charge in [0.1, 0.15) is 5.78 Å². The number of carbonyl (C=O) groups is 1. The molecule has 1 aliphatic rings. The van der Waals surface area contributed by atoms with Crippen molar-refractivity contribution in [3.63, 3.8) is 0 Å². The van der Waals surface area contributed by atoms with Crippen molar-refractivity contribution < 1.29 is 9.53 Å². The van der Waals surface area contributed by atoms with Crippen LogP contribution < -0.4 is 0 Å². The van der Waals surface area contributed by atoms with Crippen LogP contribution in [0.15, 0.2) is 17.5 Å². The molecule has 0 bridgehead atoms. The molecule has 0 aromatic carbocycles. The van der Waals surface area contributed by atoms with Crippen molar-refractivity contribution in [2.45, 2.75) is 44.6 Å². The van der Waals surface area contributed by atoms with E-state index in [1.54, 1.807) is 11.3 Å². The molecule has 1 aliphatic heterocycles. The van der Waals surface area contributed by atoms with Gasteiger partial charge < -0.3 is 4.74 Å². The summed E-state index contributed by atoms with van der Waals surface area (Å²) in [5.41, 5.74) is 0. The number of carbonyl (C=O) groups excluding carboxylic acids is 1. The summed E-state index contributed by atoms with van der Waals surface area (Å²) in [5.74, 6) is 0.379. The first-order valence-corrected chi connectivity index (χ1v) is 6.88. The summed E-state index contributed by atoms with van der Waals surface area (Å²) in [6.45, 7) is 0.883. The van der Waals surface area contributed by atoms with E-state index in [1.807, 2.05) is 6.07 Å². The first-order chi connectivity index (χ1) is 7.84. The van der Waals surface area contributed by atoms with E-state index in [9.17, 15) is 4.79 Å². The summed E-state index contributed by atoms with van der Waals surface area (Å²) in [6.07, 6.45) is 5.85. The molecule has 1 saturated heterocycles. The zero-order chi connectivity index (χ0) is 11.2. The number of ether oxygens (including phenoxy) is 1. The van der Waals surface area contributed by atoms with E-state index in [0.717, 1.165) is 32.3 Å². The Labute approximate surface area is 101 Å². The van der Waals surface area contributed by atoms with E-state index in [1.165, 1.54) is 4.88 Å². The van der Waals surface area contributed by atoms with Crippen LogP contribution in [-0.4, -0.2) is 18.5 Å². The summed E-state index contributed by atoms with van der Waals surface area (Å²) in [4.78, 5) is 13.0. The van der Waals surface area contributed by atoms with E-state index in [-0.39, 0.29) is 0 Å². The summed E-state index contributed by atoms with van der Waals surface area (Å²) < 4.78 is 5.50. The third-order valence-corrected chi connectivity index (χ3v) is 3.94. The first-order valence-electron chi connectivity index (χ1n) is 6.00. The van der Waals surface area contributed by atoms with Gasteiger partial charge in [0.05, 0.1) is 6.10 Å². The van der Waals surface area contributed by atoms with Crippen LogP contribution >= 0.6 is 11.3 Å². The van der Waals surface area contributed by atoms with Crippen LogP contribution in [0, 0.1) is 0 Å². The fourth-order valence-electron chi connectivity index (χ4n) is 2.04. The Morgan fingerprint density at radius 3 is 3.12 bits per heavy atom. The number of thiophene rings is 1. The molecule has 0 saturated carbocycles. The standard InChI is InChI=1S/C13H18O2S/c14-11(5-7-12-3-1-9-15-12)6-8-13-4-2-10-16-13/h2,4,10,12H,1,3,5-9H2. The quantitative estimate of drug-likeness (QED) is 0.760. The molecule has 0 aliphatic carbocycles. The highest BCUT2D eigenvalue weighted by Gasteiger charge is 2.16. The SMILES string of the molecule is O=C(CCc1cccs1)CCC1CCCO1. The molecule has 88 valence electrons. The highest BCUT2D eigenvalue weighted by molar-refractivity contribution is 7.09. The Morgan fingerprint density at radius 2 is 2.44 bits per heavy atom. The van der Waals surface area contributed by atoms with Crippen LogP contribution in [0.25, 0.3) is 0 Å². The predicted molar refractivity (Wildman–Crippen MR) is 65.9 cm³/mol. The third kappa shape index (κ3) is 3.72. The minimum Gasteiger partial charge on any atom is -0.378 e. The molecule has 1 fully saturated rings. The fraction of sp³-hybridized carbons (Fsp3) is 0.615. The number of aryl methyl sites for hydroxylation is 1. The zero-order valence-corrected chi connectivity index (χ0v) is 10.3. The van der Waals surface area contributed by atoms with E-state index in [4.69, 9.17) is 4.74 Å². The van der Waals surface area contributed by atoms with Gasteiger partial charge in [-0.1, -0.05) is 6.07 Å². The van der Waals surface area contributed by atoms with Crippen molar-refractivity contribution in [1.82, 2.24) is 0 Å². The molecule has 1 atom stereocenters. The van der Waals surface area contributed by atoms with Gasteiger partial charge in [0.25, 0.3) is 0 Å². The van der Waals surface area contributed by atoms with Crippen molar-refractivity contribution >= 4 is 17.1 Å². The van der Waals surface area contributed by atoms with E-state index in [0.29, 0.717) is 24.7 Å². The molecular weight excluding hydrogens is 220 g/mol. The second-order valence-electron chi connectivity index (χ2n) is 4.29. The van der Waals surface area contributed by atoms with Crippen LogP contribution in [0.3, 0.4) is 0 Å². The lowest BCUT2D eigenvalue weighted by Gasteiger charge is -2.07. The van der Waals surface area contributed by atoms with E-state index >= 15 is 0 Å². The molecule has 0 spiro atoms. The monoisotopic (exact) mass is 238 g/mol. The molecule has 3 heteroatoms. The second-order valence-corrected chi connectivity index (χ2v) is 5.32. The lowest BCUT2D eigenvalue weighted by atomic mass is 10.1. The van der Waals surface area contributed by atoms with Gasteiger partial charge >= 0.3 is 0 Å². The molecule has 16 heavy (non-hydrogen) atoms. The van der Waals surface area contributed by atoms with Gasteiger partial charge in [-0.15, -0.1) is 11.3 Å². The maximum Gasteiger partial charge on any atom is 0.133 e. The molecule has 0 N–H and O–H groups in total. The molecule has 1 aromatic rings. The molecule has 2 nitrogen and oxygen atoms in total. The smallest absolute Gasteiger partial charge is 0.133 e. The van der Waals surface area contributed by atoms with Crippen LogP contribution in [0.2, 0.25) is 0 Å². The lowest BCUT2D eigenvalue weighted by molar-refractivity contribution is -0.119. The summed E-state index contributed by atoms with van der Waals surface area (Å²) in [7, 11) is 0. The van der Waals surface area contributed by atoms with Crippen molar-refractivity contribution in [2.24, 2.45) is 0 Å². The molecule has 0 radical (unpaired) electrons. The zero-order valence-electron chi connectivity index (χ0n) is 9.48. The second kappa shape index (κ2) is 6.16. The number of rotatable bonds is 6. The van der Waals surface area contributed by atoms with Crippen molar-refractivity contribution in [3.05, 3.63) is 22.4 Å². The Balaban J connectivity index is 1.60. The highest BCUT2D eigenvalue weighted by atomic mass is 32.1. The van der Waals surface area contributed by atoms with Crippen LogP contribution in [-0.2, 0) is 16.0 Å². The Hall–Kier alpha value is -0.670. The molecule has 2 rings (SSSR count). The maximum atomic E-state index is 11.6. The molecule has 2 heterocycles. The molecule has 1 aromatic heterocycles. The Kier molecular flexibility index (Phi) is 4.55. The van der Waals surface area contributed by atoms with Crippen LogP contribution in [0.4, 0.5) is 0 Å². The first kappa shape index (κ1) is 11.8. The molecular formula is C13H18O2S. The summed E-state index contributed by atoms with van der Waals surface area (Å²) >= 11 is 1.73. The molecule has 0 amide bonds. The minimum atomic E-state index is 0.352. The minimum absolute atomic E-state index is 0.352. The Bertz CT molecular complexity index is 313. The van der Waals surface area contributed by atoms with Gasteiger partial charge in [0.2, 0.25) is 0 Å². The van der Waals surface area contributed by atoms with Crippen molar-refractivity contribution in [1.29, 1.82) is 0 Å². The average Bonchev–Trinajstić information content (AvgIpc) is 2.96. The van der Waals surface area contributed by atoms with Crippen molar-refractivity contribution in [2.75, 3.05) is 6.61 Å². The number of Topliss-reactive ketones (excluding diaryl/α,β-unsaturated/α-hetero) is 1. The third-order valence-electron chi connectivity index (χ3n) is 3.00. The number of hydrogen-bond donors (Lipinski definition) is 0. The highest BCUT2D eigenvalue weighted by Crippen LogP contribution is 2.18. The largest absolute Gasteiger partial charge is 0.378 e. The summed E-state index contributed by atoms with van der Waals surface area (Å²) in [5, 5.41) is 2.06. The number of hydrogen-bond acceptors (Lipinski definition) is 3. The van der Waals surface area contributed by atoms with Gasteiger partial charge in [-0.05, 0) is 37.1 Å². The fourth-order valence-corrected chi connectivity index (χ4v) is 2.75. The van der Waals surface area contributed by atoms with Gasteiger partial charge in [-0.3, -0.25) is 4.79 Å². The molecule has 1 unspecified atom stereocenters. The van der Waals surface area contributed by atoms with Gasteiger partial charge in [0, 0.05) is 24.3 Å². The van der Waals surface area contributed by atoms with Crippen molar-refractivity contribution in [3.8, 4) is 0 Å². The predicted octanol–water partition coefficient (Wildman–Crippen LogP) is 3.21. The Morgan fingerprint density at radius 1 is 1.50 bits per heavy atom. The number of ketones is 1. The normalized spacial score (nSPS) is 20.1. The topological polar surface area (TPSA) is 26.3 Å². The van der Waals surface area contributed by atoms with E-state index < -0.39 is 0 Å². The lowest BCUT2D eigenvalue weighted by Crippen LogP contribution is -2.08. The maximum absolute atomic E-state index is 11.6. The summed E-state index contributed by atoms with van der Waals surface area (Å²) in [6, 6.07) is 4.13. The van der Waals surface area contributed by atoms with Crippen LogP contribution in [0.5, 0.6) is 0 Å². The average molecular weight is 238 g/mol. The van der Waals surface area contributed by atoms with Gasteiger partial charge in [-0.25, -0.2) is 0 Å².